The van der Waals surface area contributed by atoms with Gasteiger partial charge in [-0.25, -0.2) is 0 Å². The molecule has 20 heavy (non-hydrogen) atoms. The molecule has 0 spiro atoms. The first-order chi connectivity index (χ1) is 9.81. The predicted molar refractivity (Wildman–Crippen MR) is 82.4 cm³/mol. The van der Waals surface area contributed by atoms with Crippen LogP contribution in [0.15, 0.2) is 42.5 Å². The van der Waals surface area contributed by atoms with Gasteiger partial charge in [0.25, 0.3) is 0 Å². The molecule has 0 aliphatic carbocycles. The van der Waals surface area contributed by atoms with Crippen molar-refractivity contribution in [2.75, 3.05) is 13.7 Å². The molecule has 2 aromatic rings. The molecule has 1 unspecified atom stereocenters. The van der Waals surface area contributed by atoms with Crippen molar-refractivity contribution < 1.29 is 4.74 Å². The van der Waals surface area contributed by atoms with Crippen molar-refractivity contribution in [2.45, 2.75) is 25.8 Å². The van der Waals surface area contributed by atoms with Crippen molar-refractivity contribution in [2.24, 2.45) is 0 Å². The van der Waals surface area contributed by atoms with Gasteiger partial charge in [0.05, 0.1) is 13.2 Å². The lowest BCUT2D eigenvalue weighted by Crippen LogP contribution is -2.30. The molecule has 0 fully saturated rings. The number of aryl methyl sites for hydroxylation is 1. The first-order valence-electron chi connectivity index (χ1n) is 7.31. The van der Waals surface area contributed by atoms with Gasteiger partial charge in [-0.1, -0.05) is 37.3 Å². The van der Waals surface area contributed by atoms with Crippen LogP contribution in [-0.4, -0.2) is 13.7 Å². The van der Waals surface area contributed by atoms with E-state index in [1.165, 1.54) is 22.3 Å². The third-order valence-corrected chi connectivity index (χ3v) is 4.10. The third kappa shape index (κ3) is 2.44. The van der Waals surface area contributed by atoms with E-state index in [1.807, 2.05) is 6.07 Å². The highest BCUT2D eigenvalue weighted by molar-refractivity contribution is 5.43. The fraction of sp³-hybridized carbons (Fsp3) is 0.333. The largest absolute Gasteiger partial charge is 0.497 e. The zero-order valence-corrected chi connectivity index (χ0v) is 12.1. The highest BCUT2D eigenvalue weighted by Crippen LogP contribution is 2.31. The first-order valence-corrected chi connectivity index (χ1v) is 7.31. The molecule has 0 radical (unpaired) electrons. The maximum absolute atomic E-state index is 5.35. The second kappa shape index (κ2) is 5.68. The molecular weight excluding hydrogens is 246 g/mol. The van der Waals surface area contributed by atoms with Crippen LogP contribution in [0.4, 0.5) is 0 Å². The van der Waals surface area contributed by atoms with Gasteiger partial charge in [-0.2, -0.15) is 0 Å². The Labute approximate surface area is 120 Å². The van der Waals surface area contributed by atoms with Crippen LogP contribution in [0.25, 0.3) is 0 Å². The molecule has 3 rings (SSSR count). The lowest BCUT2D eigenvalue weighted by atomic mass is 9.88. The number of methoxy groups -OCH3 is 1. The predicted octanol–water partition coefficient (Wildman–Crippen LogP) is 3.49. The number of hydrogen-bond acceptors (Lipinski definition) is 2. The van der Waals surface area contributed by atoms with Crippen molar-refractivity contribution in [3.63, 3.8) is 0 Å². The van der Waals surface area contributed by atoms with Gasteiger partial charge in [0.15, 0.2) is 0 Å². The van der Waals surface area contributed by atoms with Gasteiger partial charge in [0.2, 0.25) is 0 Å². The molecule has 1 aliphatic rings. The van der Waals surface area contributed by atoms with Crippen LogP contribution in [0.3, 0.4) is 0 Å². The van der Waals surface area contributed by atoms with E-state index in [0.29, 0.717) is 0 Å². The fourth-order valence-electron chi connectivity index (χ4n) is 2.94. The van der Waals surface area contributed by atoms with Crippen molar-refractivity contribution in [1.29, 1.82) is 0 Å². The van der Waals surface area contributed by atoms with Gasteiger partial charge in [0, 0.05) is 6.54 Å². The van der Waals surface area contributed by atoms with E-state index in [2.05, 4.69) is 48.6 Å². The van der Waals surface area contributed by atoms with Crippen molar-refractivity contribution in [3.05, 3.63) is 64.7 Å². The third-order valence-electron chi connectivity index (χ3n) is 4.10. The highest BCUT2D eigenvalue weighted by atomic mass is 16.5. The Hall–Kier alpha value is -1.80. The molecule has 104 valence electrons. The van der Waals surface area contributed by atoms with Gasteiger partial charge >= 0.3 is 0 Å². The van der Waals surface area contributed by atoms with E-state index in [9.17, 15) is 0 Å². The van der Waals surface area contributed by atoms with Crippen LogP contribution in [0, 0.1) is 0 Å². The standard InChI is InChI=1S/C18H21NO/c1-3-13-7-8-14-9-10-19-18(17(14)11-13)15-5-4-6-16(12-15)20-2/h4-8,11-12,18-19H,3,9-10H2,1-2H3. The summed E-state index contributed by atoms with van der Waals surface area (Å²) in [5, 5.41) is 3.64. The van der Waals surface area contributed by atoms with Crippen LogP contribution < -0.4 is 10.1 Å². The van der Waals surface area contributed by atoms with Gasteiger partial charge in [-0.15, -0.1) is 0 Å². The summed E-state index contributed by atoms with van der Waals surface area (Å²) in [5.74, 6) is 0.920. The van der Waals surface area contributed by atoms with Gasteiger partial charge in [-0.05, 0) is 47.2 Å². The van der Waals surface area contributed by atoms with E-state index in [1.54, 1.807) is 7.11 Å². The topological polar surface area (TPSA) is 21.3 Å². The summed E-state index contributed by atoms with van der Waals surface area (Å²) >= 11 is 0. The van der Waals surface area contributed by atoms with Gasteiger partial charge in [-0.3, -0.25) is 0 Å². The minimum atomic E-state index is 0.278. The van der Waals surface area contributed by atoms with Gasteiger partial charge < -0.3 is 10.1 Å². The second-order valence-corrected chi connectivity index (χ2v) is 5.30. The maximum atomic E-state index is 5.35. The maximum Gasteiger partial charge on any atom is 0.119 e. The van der Waals surface area contributed by atoms with Crippen LogP contribution in [-0.2, 0) is 12.8 Å². The minimum Gasteiger partial charge on any atom is -0.497 e. The van der Waals surface area contributed by atoms with Crippen molar-refractivity contribution in [3.8, 4) is 5.75 Å². The molecule has 1 aliphatic heterocycles. The average Bonchev–Trinajstić information content (AvgIpc) is 2.53. The Bertz CT molecular complexity index is 606. The number of benzene rings is 2. The average molecular weight is 267 g/mol. The summed E-state index contributed by atoms with van der Waals surface area (Å²) in [6.45, 7) is 3.24. The smallest absolute Gasteiger partial charge is 0.119 e. The Morgan fingerprint density at radius 2 is 2.10 bits per heavy atom. The number of hydrogen-bond donors (Lipinski definition) is 1. The van der Waals surface area contributed by atoms with Crippen molar-refractivity contribution in [1.82, 2.24) is 5.32 Å². The van der Waals surface area contributed by atoms with Crippen LogP contribution >= 0.6 is 0 Å². The highest BCUT2D eigenvalue weighted by Gasteiger charge is 2.21. The van der Waals surface area contributed by atoms with Gasteiger partial charge in [0.1, 0.15) is 5.75 Å². The Balaban J connectivity index is 2.03. The molecule has 0 saturated heterocycles. The quantitative estimate of drug-likeness (QED) is 0.919. The molecule has 2 nitrogen and oxygen atoms in total. The van der Waals surface area contributed by atoms with E-state index in [-0.39, 0.29) is 6.04 Å². The molecule has 2 aromatic carbocycles. The number of fused-ring (bicyclic) bond motifs is 1. The van der Waals surface area contributed by atoms with Crippen molar-refractivity contribution >= 4 is 0 Å². The molecule has 1 atom stereocenters. The number of nitrogens with one attached hydrogen (secondary N) is 1. The monoisotopic (exact) mass is 267 g/mol. The molecule has 0 amide bonds. The summed E-state index contributed by atoms with van der Waals surface area (Å²) < 4.78 is 5.35. The zero-order chi connectivity index (χ0) is 13.9. The molecule has 0 saturated carbocycles. The molecule has 0 bridgehead atoms. The Morgan fingerprint density at radius 1 is 1.20 bits per heavy atom. The van der Waals surface area contributed by atoms with E-state index >= 15 is 0 Å². The van der Waals surface area contributed by atoms with Crippen LogP contribution in [0.2, 0.25) is 0 Å². The minimum absolute atomic E-state index is 0.278. The lowest BCUT2D eigenvalue weighted by Gasteiger charge is -2.28. The summed E-state index contributed by atoms with van der Waals surface area (Å²) in [6.07, 6.45) is 2.19. The van der Waals surface area contributed by atoms with Crippen LogP contribution in [0.1, 0.15) is 35.2 Å². The first kappa shape index (κ1) is 13.2. The summed E-state index contributed by atoms with van der Waals surface area (Å²) in [7, 11) is 1.72. The van der Waals surface area contributed by atoms with E-state index < -0.39 is 0 Å². The zero-order valence-electron chi connectivity index (χ0n) is 12.1. The Kier molecular flexibility index (Phi) is 3.75. The molecule has 2 heteroatoms. The molecule has 1 heterocycles. The number of ether oxygens (including phenoxy) is 1. The summed E-state index contributed by atoms with van der Waals surface area (Å²) in [4.78, 5) is 0. The molecule has 0 aromatic heterocycles. The fourth-order valence-corrected chi connectivity index (χ4v) is 2.94. The van der Waals surface area contributed by atoms with E-state index in [4.69, 9.17) is 4.74 Å². The summed E-state index contributed by atoms with van der Waals surface area (Å²) in [6, 6.07) is 15.5. The van der Waals surface area contributed by atoms with E-state index in [0.717, 1.165) is 25.1 Å². The lowest BCUT2D eigenvalue weighted by molar-refractivity contribution is 0.413. The molecule has 1 N–H and O–H groups in total. The molecular formula is C18H21NO. The normalized spacial score (nSPS) is 17.6. The summed E-state index contributed by atoms with van der Waals surface area (Å²) in [5.41, 5.74) is 5.57. The number of rotatable bonds is 3. The van der Waals surface area contributed by atoms with Crippen LogP contribution in [0.5, 0.6) is 5.75 Å². The second-order valence-electron chi connectivity index (χ2n) is 5.30. The Morgan fingerprint density at radius 3 is 2.90 bits per heavy atom. The SMILES string of the molecule is CCc1ccc2c(c1)C(c1cccc(OC)c1)NCC2.